The van der Waals surface area contributed by atoms with E-state index >= 15 is 0 Å². The number of carbonyl (C=O) groups excluding carboxylic acids is 1. The minimum absolute atomic E-state index is 0.100. The van der Waals surface area contributed by atoms with E-state index in [2.05, 4.69) is 29.2 Å². The Labute approximate surface area is 142 Å². The van der Waals surface area contributed by atoms with Gasteiger partial charge in [0, 0.05) is 43.3 Å². The Morgan fingerprint density at radius 1 is 0.913 bits per heavy atom. The zero-order valence-corrected chi connectivity index (χ0v) is 13.9. The standard InChI is InChI=1S/C19H21ClN2O/c20-18-9-7-17(8-10-18)19(23)22-12-4-11-21(13-14-22)15-16-5-2-1-3-6-16/h1-3,5-10H,4,11-15H2. The quantitative estimate of drug-likeness (QED) is 0.858. The summed E-state index contributed by atoms with van der Waals surface area (Å²) in [6.07, 6.45) is 1.01. The molecule has 23 heavy (non-hydrogen) atoms. The second-order valence-corrected chi connectivity index (χ2v) is 6.35. The number of benzene rings is 2. The average molecular weight is 329 g/mol. The van der Waals surface area contributed by atoms with Crippen LogP contribution in [-0.4, -0.2) is 41.9 Å². The molecule has 4 heteroatoms. The highest BCUT2D eigenvalue weighted by atomic mass is 35.5. The van der Waals surface area contributed by atoms with Crippen LogP contribution in [0.3, 0.4) is 0 Å². The fourth-order valence-corrected chi connectivity index (χ4v) is 3.07. The second-order valence-electron chi connectivity index (χ2n) is 5.91. The van der Waals surface area contributed by atoms with E-state index in [0.29, 0.717) is 10.6 Å². The number of amides is 1. The summed E-state index contributed by atoms with van der Waals surface area (Å²) < 4.78 is 0. The molecular weight excluding hydrogens is 308 g/mol. The number of hydrogen-bond donors (Lipinski definition) is 0. The van der Waals surface area contributed by atoms with Crippen molar-refractivity contribution >= 4 is 17.5 Å². The summed E-state index contributed by atoms with van der Waals surface area (Å²) in [6.45, 7) is 4.47. The summed E-state index contributed by atoms with van der Waals surface area (Å²) in [5.74, 6) is 0.100. The van der Waals surface area contributed by atoms with Crippen molar-refractivity contribution in [1.29, 1.82) is 0 Å². The molecule has 0 bridgehead atoms. The van der Waals surface area contributed by atoms with Crippen molar-refractivity contribution in [1.82, 2.24) is 9.80 Å². The third-order valence-electron chi connectivity index (χ3n) is 4.22. The average Bonchev–Trinajstić information content (AvgIpc) is 2.81. The van der Waals surface area contributed by atoms with Crippen LogP contribution < -0.4 is 0 Å². The third kappa shape index (κ3) is 4.34. The smallest absolute Gasteiger partial charge is 0.253 e. The van der Waals surface area contributed by atoms with Crippen LogP contribution in [0.5, 0.6) is 0 Å². The largest absolute Gasteiger partial charge is 0.337 e. The second kappa shape index (κ2) is 7.62. The predicted molar refractivity (Wildman–Crippen MR) is 93.7 cm³/mol. The van der Waals surface area contributed by atoms with E-state index in [1.807, 2.05) is 11.0 Å². The molecule has 1 fully saturated rings. The van der Waals surface area contributed by atoms with Gasteiger partial charge in [-0.1, -0.05) is 41.9 Å². The Morgan fingerprint density at radius 2 is 1.65 bits per heavy atom. The number of hydrogen-bond acceptors (Lipinski definition) is 2. The summed E-state index contributed by atoms with van der Waals surface area (Å²) >= 11 is 5.89. The van der Waals surface area contributed by atoms with Gasteiger partial charge < -0.3 is 4.90 Å². The molecule has 0 aliphatic carbocycles. The van der Waals surface area contributed by atoms with Gasteiger partial charge in [0.1, 0.15) is 0 Å². The van der Waals surface area contributed by atoms with E-state index in [4.69, 9.17) is 11.6 Å². The molecular formula is C19H21ClN2O. The molecule has 0 aromatic heterocycles. The first-order valence-electron chi connectivity index (χ1n) is 8.03. The molecule has 1 heterocycles. The molecule has 1 amide bonds. The lowest BCUT2D eigenvalue weighted by Gasteiger charge is -2.22. The van der Waals surface area contributed by atoms with Gasteiger partial charge in [-0.25, -0.2) is 0 Å². The molecule has 2 aromatic carbocycles. The zero-order valence-electron chi connectivity index (χ0n) is 13.1. The fourth-order valence-electron chi connectivity index (χ4n) is 2.95. The molecule has 3 rings (SSSR count). The molecule has 1 aliphatic heterocycles. The van der Waals surface area contributed by atoms with Gasteiger partial charge in [0.25, 0.3) is 5.91 Å². The van der Waals surface area contributed by atoms with Crippen molar-refractivity contribution in [2.24, 2.45) is 0 Å². The highest BCUT2D eigenvalue weighted by Gasteiger charge is 2.20. The SMILES string of the molecule is O=C(c1ccc(Cl)cc1)N1CCCN(Cc2ccccc2)CC1. The molecule has 120 valence electrons. The number of carbonyl (C=O) groups is 1. The van der Waals surface area contributed by atoms with Crippen molar-refractivity contribution in [3.63, 3.8) is 0 Å². The molecule has 1 aliphatic rings. The minimum atomic E-state index is 0.100. The number of halogens is 1. The van der Waals surface area contributed by atoms with Crippen LogP contribution in [0.1, 0.15) is 22.3 Å². The molecule has 0 saturated carbocycles. The maximum absolute atomic E-state index is 12.6. The molecule has 0 N–H and O–H groups in total. The Bertz CT molecular complexity index is 642. The van der Waals surface area contributed by atoms with E-state index in [9.17, 15) is 4.79 Å². The summed E-state index contributed by atoms with van der Waals surface area (Å²) in [7, 11) is 0. The first-order chi connectivity index (χ1) is 11.2. The number of rotatable bonds is 3. The van der Waals surface area contributed by atoms with Crippen molar-refractivity contribution in [3.05, 3.63) is 70.7 Å². The van der Waals surface area contributed by atoms with Crippen LogP contribution in [-0.2, 0) is 6.54 Å². The van der Waals surface area contributed by atoms with Crippen molar-refractivity contribution in [2.75, 3.05) is 26.2 Å². The van der Waals surface area contributed by atoms with Crippen LogP contribution in [0, 0.1) is 0 Å². The topological polar surface area (TPSA) is 23.6 Å². The van der Waals surface area contributed by atoms with Crippen molar-refractivity contribution in [3.8, 4) is 0 Å². The van der Waals surface area contributed by atoms with E-state index in [1.165, 1.54) is 5.56 Å². The van der Waals surface area contributed by atoms with Crippen LogP contribution in [0.4, 0.5) is 0 Å². The summed E-state index contributed by atoms with van der Waals surface area (Å²) in [5, 5.41) is 0.659. The van der Waals surface area contributed by atoms with Gasteiger partial charge in [-0.15, -0.1) is 0 Å². The van der Waals surface area contributed by atoms with Gasteiger partial charge in [0.15, 0.2) is 0 Å². The fraction of sp³-hybridized carbons (Fsp3) is 0.316. The van der Waals surface area contributed by atoms with Gasteiger partial charge in [0.05, 0.1) is 0 Å². The lowest BCUT2D eigenvalue weighted by Crippen LogP contribution is -2.35. The van der Waals surface area contributed by atoms with E-state index < -0.39 is 0 Å². The summed E-state index contributed by atoms with van der Waals surface area (Å²) in [6, 6.07) is 17.6. The Morgan fingerprint density at radius 3 is 2.39 bits per heavy atom. The first-order valence-corrected chi connectivity index (χ1v) is 8.41. The highest BCUT2D eigenvalue weighted by molar-refractivity contribution is 6.30. The molecule has 1 saturated heterocycles. The van der Waals surface area contributed by atoms with Gasteiger partial charge >= 0.3 is 0 Å². The maximum Gasteiger partial charge on any atom is 0.253 e. The van der Waals surface area contributed by atoms with Gasteiger partial charge in [-0.05, 0) is 36.2 Å². The first kappa shape index (κ1) is 16.0. The van der Waals surface area contributed by atoms with Crippen LogP contribution in [0.2, 0.25) is 5.02 Å². The molecule has 0 atom stereocenters. The van der Waals surface area contributed by atoms with E-state index in [-0.39, 0.29) is 5.91 Å². The maximum atomic E-state index is 12.6. The summed E-state index contributed by atoms with van der Waals surface area (Å²) in [4.78, 5) is 17.0. The highest BCUT2D eigenvalue weighted by Crippen LogP contribution is 2.14. The van der Waals surface area contributed by atoms with Gasteiger partial charge in [-0.3, -0.25) is 9.69 Å². The van der Waals surface area contributed by atoms with Crippen LogP contribution >= 0.6 is 11.6 Å². The lowest BCUT2D eigenvalue weighted by atomic mass is 10.2. The van der Waals surface area contributed by atoms with E-state index in [1.54, 1.807) is 24.3 Å². The van der Waals surface area contributed by atoms with Gasteiger partial charge in [0.2, 0.25) is 0 Å². The lowest BCUT2D eigenvalue weighted by molar-refractivity contribution is 0.0761. The van der Waals surface area contributed by atoms with Crippen molar-refractivity contribution < 1.29 is 4.79 Å². The molecule has 0 spiro atoms. The molecule has 3 nitrogen and oxygen atoms in total. The normalized spacial score (nSPS) is 16.1. The van der Waals surface area contributed by atoms with Crippen LogP contribution in [0.15, 0.2) is 54.6 Å². The third-order valence-corrected chi connectivity index (χ3v) is 4.47. The minimum Gasteiger partial charge on any atom is -0.337 e. The monoisotopic (exact) mass is 328 g/mol. The van der Waals surface area contributed by atoms with Crippen molar-refractivity contribution in [2.45, 2.75) is 13.0 Å². The molecule has 0 radical (unpaired) electrons. The van der Waals surface area contributed by atoms with E-state index in [0.717, 1.165) is 39.1 Å². The summed E-state index contributed by atoms with van der Waals surface area (Å²) in [5.41, 5.74) is 2.04. The molecule has 2 aromatic rings. The van der Waals surface area contributed by atoms with Gasteiger partial charge in [-0.2, -0.15) is 0 Å². The Kier molecular flexibility index (Phi) is 5.31. The molecule has 0 unspecified atom stereocenters. The zero-order chi connectivity index (χ0) is 16.1. The Balaban J connectivity index is 1.59. The number of nitrogens with zero attached hydrogens (tertiary/aromatic N) is 2. The van der Waals surface area contributed by atoms with Crippen LogP contribution in [0.25, 0.3) is 0 Å². The predicted octanol–water partition coefficient (Wildman–Crippen LogP) is 3.69. The Hall–Kier alpha value is -1.84.